The van der Waals surface area contributed by atoms with Crippen molar-refractivity contribution in [2.24, 2.45) is 5.92 Å². The first-order chi connectivity index (χ1) is 9.83. The fourth-order valence-electron chi connectivity index (χ4n) is 3.35. The van der Waals surface area contributed by atoms with E-state index in [0.717, 1.165) is 12.1 Å². The van der Waals surface area contributed by atoms with Crippen LogP contribution in [-0.2, 0) is 19.7 Å². The lowest BCUT2D eigenvalue weighted by Crippen LogP contribution is -2.44. The van der Waals surface area contributed by atoms with Crippen molar-refractivity contribution in [3.63, 3.8) is 0 Å². The second-order valence-corrected chi connectivity index (χ2v) is 8.47. The van der Waals surface area contributed by atoms with Crippen molar-refractivity contribution in [3.05, 3.63) is 29.3 Å². The normalized spacial score (nSPS) is 29.4. The third-order valence-corrected chi connectivity index (χ3v) is 6.73. The molecular formula is C14H17NO4S2. The number of hydrogen-bond donors (Lipinski definition) is 2. The standard InChI is InChI=1S/C14H17NO4S2/c1-9-2-3-12(21(17,18)19)11(6-9)14-4-5-15-8-10(14)7-13(16)20-14/h2-3,6,10,15H,4-5,7-8H2,1H3,(H,17,18,19). The number of hydrogen-bond acceptors (Lipinski definition) is 5. The fourth-order valence-corrected chi connectivity index (χ4v) is 5.68. The number of rotatable bonds is 2. The lowest BCUT2D eigenvalue weighted by atomic mass is 9.78. The van der Waals surface area contributed by atoms with E-state index in [2.05, 4.69) is 5.32 Å². The van der Waals surface area contributed by atoms with E-state index in [1.165, 1.54) is 17.8 Å². The van der Waals surface area contributed by atoms with Crippen molar-refractivity contribution in [2.45, 2.75) is 29.4 Å². The van der Waals surface area contributed by atoms with Gasteiger partial charge in [-0.3, -0.25) is 9.35 Å². The molecule has 0 aliphatic carbocycles. The number of carbonyl (C=O) groups is 1. The van der Waals surface area contributed by atoms with Gasteiger partial charge < -0.3 is 5.32 Å². The largest absolute Gasteiger partial charge is 0.316 e. The van der Waals surface area contributed by atoms with Crippen LogP contribution in [0, 0.1) is 12.8 Å². The van der Waals surface area contributed by atoms with Crippen LogP contribution in [0.3, 0.4) is 0 Å². The predicted molar refractivity (Wildman–Crippen MR) is 80.9 cm³/mol. The zero-order valence-corrected chi connectivity index (χ0v) is 13.3. The number of aryl methyl sites for hydroxylation is 1. The molecule has 2 aliphatic heterocycles. The van der Waals surface area contributed by atoms with E-state index in [1.54, 1.807) is 12.1 Å². The summed E-state index contributed by atoms with van der Waals surface area (Å²) in [6.45, 7) is 3.30. The van der Waals surface area contributed by atoms with E-state index in [4.69, 9.17) is 0 Å². The first-order valence-corrected chi connectivity index (χ1v) is 9.10. The summed E-state index contributed by atoms with van der Waals surface area (Å²) in [6, 6.07) is 4.91. The summed E-state index contributed by atoms with van der Waals surface area (Å²) in [5, 5.41) is 3.36. The van der Waals surface area contributed by atoms with Gasteiger partial charge in [-0.15, -0.1) is 0 Å². The minimum absolute atomic E-state index is 0.0612. The molecule has 114 valence electrons. The van der Waals surface area contributed by atoms with Crippen molar-refractivity contribution in [3.8, 4) is 0 Å². The van der Waals surface area contributed by atoms with Crippen LogP contribution in [0.5, 0.6) is 0 Å². The Morgan fingerprint density at radius 3 is 2.90 bits per heavy atom. The number of piperidine rings is 1. The van der Waals surface area contributed by atoms with Crippen LogP contribution < -0.4 is 5.32 Å². The zero-order valence-electron chi connectivity index (χ0n) is 11.6. The lowest BCUT2D eigenvalue weighted by molar-refractivity contribution is -0.111. The van der Waals surface area contributed by atoms with Gasteiger partial charge in [0, 0.05) is 13.0 Å². The monoisotopic (exact) mass is 327 g/mol. The lowest BCUT2D eigenvalue weighted by Gasteiger charge is -2.39. The zero-order chi connectivity index (χ0) is 15.3. The first kappa shape index (κ1) is 15.0. The van der Waals surface area contributed by atoms with Crippen LogP contribution in [0.2, 0.25) is 0 Å². The van der Waals surface area contributed by atoms with Crippen LogP contribution in [0.4, 0.5) is 0 Å². The van der Waals surface area contributed by atoms with Crippen molar-refractivity contribution in [2.75, 3.05) is 13.1 Å². The average Bonchev–Trinajstić information content (AvgIpc) is 2.74. The highest BCUT2D eigenvalue weighted by Gasteiger charge is 2.52. The summed E-state index contributed by atoms with van der Waals surface area (Å²) in [5.74, 6) is 0.0612. The van der Waals surface area contributed by atoms with Gasteiger partial charge in [0.05, 0.1) is 9.64 Å². The predicted octanol–water partition coefficient (Wildman–Crippen LogP) is 1.71. The van der Waals surface area contributed by atoms with Crippen molar-refractivity contribution < 1.29 is 17.8 Å². The Kier molecular flexibility index (Phi) is 3.64. The highest BCUT2D eigenvalue weighted by atomic mass is 32.2. The molecule has 0 amide bonds. The Labute approximate surface area is 128 Å². The maximum absolute atomic E-state index is 12.0. The highest BCUT2D eigenvalue weighted by Crippen LogP contribution is 2.56. The molecule has 1 aromatic rings. The van der Waals surface area contributed by atoms with Crippen LogP contribution in [0.15, 0.2) is 23.1 Å². The van der Waals surface area contributed by atoms with Gasteiger partial charge in [-0.25, -0.2) is 0 Å². The minimum Gasteiger partial charge on any atom is -0.316 e. The molecule has 0 bridgehead atoms. The van der Waals surface area contributed by atoms with Crippen LogP contribution in [0.25, 0.3) is 0 Å². The Morgan fingerprint density at radius 2 is 2.19 bits per heavy atom. The summed E-state index contributed by atoms with van der Waals surface area (Å²) in [4.78, 5) is 11.9. The van der Waals surface area contributed by atoms with Gasteiger partial charge in [-0.1, -0.05) is 29.5 Å². The van der Waals surface area contributed by atoms with Crippen LogP contribution >= 0.6 is 11.8 Å². The van der Waals surface area contributed by atoms with E-state index in [-0.39, 0.29) is 15.9 Å². The third kappa shape index (κ3) is 2.52. The SMILES string of the molecule is Cc1ccc(S(=O)(=O)O)c(C23CCNCC2CC(=O)S3)c1. The minimum atomic E-state index is -4.31. The van der Waals surface area contributed by atoms with Gasteiger partial charge >= 0.3 is 0 Å². The van der Waals surface area contributed by atoms with E-state index in [9.17, 15) is 17.8 Å². The van der Waals surface area contributed by atoms with Gasteiger partial charge in [0.2, 0.25) is 0 Å². The number of nitrogens with one attached hydrogen (secondary N) is 1. The molecule has 5 nitrogen and oxygen atoms in total. The number of fused-ring (bicyclic) bond motifs is 1. The van der Waals surface area contributed by atoms with E-state index >= 15 is 0 Å². The van der Waals surface area contributed by atoms with Crippen molar-refractivity contribution in [1.82, 2.24) is 5.32 Å². The van der Waals surface area contributed by atoms with Crippen LogP contribution in [0.1, 0.15) is 24.0 Å². The molecule has 2 atom stereocenters. The van der Waals surface area contributed by atoms with Gasteiger partial charge in [0.25, 0.3) is 10.1 Å². The molecule has 0 radical (unpaired) electrons. The molecule has 2 fully saturated rings. The molecule has 0 aromatic heterocycles. The Balaban J connectivity index is 2.23. The molecule has 3 rings (SSSR count). The summed E-state index contributed by atoms with van der Waals surface area (Å²) >= 11 is 1.23. The second kappa shape index (κ2) is 5.08. The fraction of sp³-hybridized carbons (Fsp3) is 0.500. The van der Waals surface area contributed by atoms with Gasteiger partial charge in [0.1, 0.15) is 0 Å². The summed E-state index contributed by atoms with van der Waals surface area (Å²) in [6.07, 6.45) is 1.12. The van der Waals surface area contributed by atoms with Crippen molar-refractivity contribution >= 4 is 27.0 Å². The average molecular weight is 327 g/mol. The van der Waals surface area contributed by atoms with E-state index in [1.807, 2.05) is 6.92 Å². The molecule has 21 heavy (non-hydrogen) atoms. The van der Waals surface area contributed by atoms with E-state index in [0.29, 0.717) is 24.9 Å². The summed E-state index contributed by atoms with van der Waals surface area (Å²) < 4.78 is 32.4. The van der Waals surface area contributed by atoms with Gasteiger partial charge in [0.15, 0.2) is 5.12 Å². The quantitative estimate of drug-likeness (QED) is 0.805. The molecular weight excluding hydrogens is 310 g/mol. The van der Waals surface area contributed by atoms with Gasteiger partial charge in [-0.2, -0.15) is 8.42 Å². The molecule has 2 unspecified atom stereocenters. The topological polar surface area (TPSA) is 83.5 Å². The number of benzene rings is 1. The maximum atomic E-state index is 12.0. The molecule has 2 heterocycles. The molecule has 2 N–H and O–H groups in total. The molecule has 1 aromatic carbocycles. The van der Waals surface area contributed by atoms with E-state index < -0.39 is 14.9 Å². The molecule has 0 spiro atoms. The summed E-state index contributed by atoms with van der Waals surface area (Å²) in [5.41, 5.74) is 1.50. The number of thioether (sulfide) groups is 1. The van der Waals surface area contributed by atoms with Gasteiger partial charge in [-0.05, 0) is 37.4 Å². The molecule has 2 aliphatic rings. The first-order valence-electron chi connectivity index (χ1n) is 6.84. The summed E-state index contributed by atoms with van der Waals surface area (Å²) in [7, 11) is -4.31. The maximum Gasteiger partial charge on any atom is 0.294 e. The molecule has 0 saturated carbocycles. The Morgan fingerprint density at radius 1 is 1.43 bits per heavy atom. The molecule has 7 heteroatoms. The smallest absolute Gasteiger partial charge is 0.294 e. The third-order valence-electron chi connectivity index (χ3n) is 4.30. The number of carbonyl (C=O) groups excluding carboxylic acids is 1. The Hall–Kier alpha value is -0.890. The molecule has 2 saturated heterocycles. The highest BCUT2D eigenvalue weighted by molar-refractivity contribution is 8.14. The van der Waals surface area contributed by atoms with Crippen LogP contribution in [-0.4, -0.2) is 31.2 Å². The Bertz CT molecular complexity index is 701. The second-order valence-electron chi connectivity index (χ2n) is 5.69. The van der Waals surface area contributed by atoms with Crippen molar-refractivity contribution in [1.29, 1.82) is 0 Å².